The number of nitrogen functional groups attached to an aromatic ring is 1. The summed E-state index contributed by atoms with van der Waals surface area (Å²) in [6.45, 7) is 0. The number of rotatable bonds is 3. The van der Waals surface area contributed by atoms with Gasteiger partial charge in [-0.2, -0.15) is 0 Å². The standard InChI is InChI=1S/C12H16ClNS/c13-10-5-6-11(14)12(7-10)15-8-9-3-1-2-4-9/h5-7,9H,1-4,8,14H2. The number of nitrogens with two attached hydrogens (primary N) is 1. The van der Waals surface area contributed by atoms with Crippen LogP contribution >= 0.6 is 23.4 Å². The lowest BCUT2D eigenvalue weighted by Crippen LogP contribution is -1.97. The molecule has 1 aliphatic rings. The third-order valence-electron chi connectivity index (χ3n) is 2.92. The monoisotopic (exact) mass is 241 g/mol. The molecule has 0 spiro atoms. The van der Waals surface area contributed by atoms with Crippen molar-refractivity contribution in [3.8, 4) is 0 Å². The van der Waals surface area contributed by atoms with Crippen molar-refractivity contribution in [2.24, 2.45) is 5.92 Å². The van der Waals surface area contributed by atoms with E-state index in [4.69, 9.17) is 17.3 Å². The van der Waals surface area contributed by atoms with Gasteiger partial charge < -0.3 is 5.73 Å². The van der Waals surface area contributed by atoms with Gasteiger partial charge in [-0.3, -0.25) is 0 Å². The van der Waals surface area contributed by atoms with Crippen LogP contribution in [0.2, 0.25) is 5.02 Å². The zero-order valence-electron chi connectivity index (χ0n) is 8.71. The van der Waals surface area contributed by atoms with Crippen LogP contribution in [-0.2, 0) is 0 Å². The lowest BCUT2D eigenvalue weighted by molar-refractivity contribution is 0.623. The van der Waals surface area contributed by atoms with Crippen LogP contribution in [0.25, 0.3) is 0 Å². The molecular formula is C12H16ClNS. The maximum Gasteiger partial charge on any atom is 0.0453 e. The van der Waals surface area contributed by atoms with Crippen LogP contribution in [0.3, 0.4) is 0 Å². The van der Waals surface area contributed by atoms with E-state index in [1.54, 1.807) is 0 Å². The summed E-state index contributed by atoms with van der Waals surface area (Å²) in [6.07, 6.45) is 5.56. The van der Waals surface area contributed by atoms with Gasteiger partial charge in [0.25, 0.3) is 0 Å². The van der Waals surface area contributed by atoms with Gasteiger partial charge in [0.05, 0.1) is 0 Å². The minimum atomic E-state index is 0.776. The van der Waals surface area contributed by atoms with Crippen LogP contribution in [0, 0.1) is 5.92 Å². The Morgan fingerprint density at radius 2 is 2.07 bits per heavy atom. The second-order valence-electron chi connectivity index (χ2n) is 4.14. The topological polar surface area (TPSA) is 26.0 Å². The van der Waals surface area contributed by atoms with E-state index in [0.717, 1.165) is 21.5 Å². The SMILES string of the molecule is Nc1ccc(Cl)cc1SCC1CCCC1. The highest BCUT2D eigenvalue weighted by Gasteiger charge is 2.15. The maximum absolute atomic E-state index is 5.94. The number of hydrogen-bond donors (Lipinski definition) is 1. The number of anilines is 1. The van der Waals surface area contributed by atoms with Crippen molar-refractivity contribution in [1.82, 2.24) is 0 Å². The first-order valence-corrected chi connectivity index (χ1v) is 6.80. The normalized spacial score (nSPS) is 17.1. The van der Waals surface area contributed by atoms with Gasteiger partial charge in [-0.15, -0.1) is 11.8 Å². The largest absolute Gasteiger partial charge is 0.398 e. The van der Waals surface area contributed by atoms with E-state index < -0.39 is 0 Å². The van der Waals surface area contributed by atoms with Crippen molar-refractivity contribution < 1.29 is 0 Å². The minimum Gasteiger partial charge on any atom is -0.398 e. The van der Waals surface area contributed by atoms with Crippen LogP contribution in [0.5, 0.6) is 0 Å². The molecule has 3 heteroatoms. The van der Waals surface area contributed by atoms with Crippen LogP contribution in [0.15, 0.2) is 23.1 Å². The zero-order chi connectivity index (χ0) is 10.7. The van der Waals surface area contributed by atoms with Gasteiger partial charge in [0.1, 0.15) is 0 Å². The number of hydrogen-bond acceptors (Lipinski definition) is 2. The average molecular weight is 242 g/mol. The average Bonchev–Trinajstić information content (AvgIpc) is 2.72. The molecule has 1 aromatic carbocycles. The third-order valence-corrected chi connectivity index (χ3v) is 4.46. The van der Waals surface area contributed by atoms with Crippen molar-refractivity contribution in [2.45, 2.75) is 30.6 Å². The molecule has 0 aliphatic heterocycles. The molecule has 0 aromatic heterocycles. The molecule has 1 nitrogen and oxygen atoms in total. The van der Waals surface area contributed by atoms with Crippen LogP contribution < -0.4 is 5.73 Å². The predicted molar refractivity (Wildman–Crippen MR) is 68.5 cm³/mol. The molecule has 2 N–H and O–H groups in total. The Hall–Kier alpha value is -0.340. The van der Waals surface area contributed by atoms with Crippen LogP contribution in [-0.4, -0.2) is 5.75 Å². The van der Waals surface area contributed by atoms with Gasteiger partial charge >= 0.3 is 0 Å². The fourth-order valence-electron chi connectivity index (χ4n) is 2.02. The van der Waals surface area contributed by atoms with Crippen LogP contribution in [0.1, 0.15) is 25.7 Å². The Morgan fingerprint density at radius 3 is 2.80 bits per heavy atom. The van der Waals surface area contributed by atoms with Crippen molar-refractivity contribution in [3.63, 3.8) is 0 Å². The van der Waals surface area contributed by atoms with E-state index in [1.807, 2.05) is 30.0 Å². The second-order valence-corrected chi connectivity index (χ2v) is 5.64. The summed E-state index contributed by atoms with van der Waals surface area (Å²) in [4.78, 5) is 1.13. The molecule has 1 aromatic rings. The van der Waals surface area contributed by atoms with Crippen molar-refractivity contribution in [1.29, 1.82) is 0 Å². The summed E-state index contributed by atoms with van der Waals surface area (Å²) in [6, 6.07) is 5.70. The third kappa shape index (κ3) is 3.05. The van der Waals surface area contributed by atoms with E-state index >= 15 is 0 Å². The number of benzene rings is 1. The summed E-state index contributed by atoms with van der Waals surface area (Å²) in [7, 11) is 0. The molecule has 2 rings (SSSR count). The first kappa shape index (κ1) is 11.2. The fourth-order valence-corrected chi connectivity index (χ4v) is 3.45. The van der Waals surface area contributed by atoms with Gasteiger partial charge in [0.2, 0.25) is 0 Å². The van der Waals surface area contributed by atoms with Crippen molar-refractivity contribution >= 4 is 29.1 Å². The van der Waals surface area contributed by atoms with E-state index in [2.05, 4.69) is 0 Å². The molecule has 0 bridgehead atoms. The molecule has 0 unspecified atom stereocenters. The first-order valence-electron chi connectivity index (χ1n) is 5.43. The van der Waals surface area contributed by atoms with Gasteiger partial charge in [-0.1, -0.05) is 24.4 Å². The van der Waals surface area contributed by atoms with Crippen molar-refractivity contribution in [3.05, 3.63) is 23.2 Å². The summed E-state index contributed by atoms with van der Waals surface area (Å²) >= 11 is 7.79. The molecule has 1 fully saturated rings. The highest BCUT2D eigenvalue weighted by atomic mass is 35.5. The predicted octanol–water partition coefficient (Wildman–Crippen LogP) is 4.20. The van der Waals surface area contributed by atoms with Gasteiger partial charge in [0, 0.05) is 21.4 Å². The summed E-state index contributed by atoms with van der Waals surface area (Å²) < 4.78 is 0. The smallest absolute Gasteiger partial charge is 0.0453 e. The summed E-state index contributed by atoms with van der Waals surface area (Å²) in [5.74, 6) is 2.07. The molecular weight excluding hydrogens is 226 g/mol. The molecule has 0 heterocycles. The molecule has 82 valence electrons. The number of thioether (sulfide) groups is 1. The molecule has 15 heavy (non-hydrogen) atoms. The summed E-state index contributed by atoms with van der Waals surface area (Å²) in [5.41, 5.74) is 6.74. The molecule has 0 radical (unpaired) electrons. The lowest BCUT2D eigenvalue weighted by Gasteiger charge is -2.10. The van der Waals surface area contributed by atoms with Gasteiger partial charge in [-0.25, -0.2) is 0 Å². The number of halogens is 1. The van der Waals surface area contributed by atoms with Crippen LogP contribution in [0.4, 0.5) is 5.69 Å². The van der Waals surface area contributed by atoms with E-state index in [9.17, 15) is 0 Å². The Bertz CT molecular complexity index is 334. The van der Waals surface area contributed by atoms with E-state index in [-0.39, 0.29) is 0 Å². The van der Waals surface area contributed by atoms with E-state index in [1.165, 1.54) is 31.4 Å². The Balaban J connectivity index is 1.94. The second kappa shape index (κ2) is 5.13. The minimum absolute atomic E-state index is 0.776. The van der Waals surface area contributed by atoms with Gasteiger partial charge in [0.15, 0.2) is 0 Å². The lowest BCUT2D eigenvalue weighted by atomic mass is 10.1. The Kier molecular flexibility index (Phi) is 3.81. The molecule has 1 aliphatic carbocycles. The Labute approximate surface area is 100 Å². The Morgan fingerprint density at radius 1 is 1.33 bits per heavy atom. The molecule has 0 amide bonds. The first-order chi connectivity index (χ1) is 7.25. The molecule has 0 atom stereocenters. The highest BCUT2D eigenvalue weighted by Crippen LogP contribution is 2.34. The highest BCUT2D eigenvalue weighted by molar-refractivity contribution is 7.99. The molecule has 0 saturated heterocycles. The van der Waals surface area contributed by atoms with Crippen molar-refractivity contribution in [2.75, 3.05) is 11.5 Å². The quantitative estimate of drug-likeness (QED) is 0.634. The fraction of sp³-hybridized carbons (Fsp3) is 0.500. The summed E-state index contributed by atoms with van der Waals surface area (Å²) in [5, 5.41) is 0.776. The maximum atomic E-state index is 5.94. The van der Waals surface area contributed by atoms with Gasteiger partial charge in [-0.05, 0) is 37.0 Å². The molecule has 1 saturated carbocycles. The zero-order valence-corrected chi connectivity index (χ0v) is 10.3. The van der Waals surface area contributed by atoms with E-state index in [0.29, 0.717) is 0 Å².